The summed E-state index contributed by atoms with van der Waals surface area (Å²) in [5, 5.41) is 33.3. The molecular formula is C28H51N7O9. The summed E-state index contributed by atoms with van der Waals surface area (Å²) < 4.78 is 10.3. The third kappa shape index (κ3) is 23.7. The van der Waals surface area contributed by atoms with Gasteiger partial charge in [-0.15, -0.1) is 0 Å². The van der Waals surface area contributed by atoms with Crippen molar-refractivity contribution in [3.8, 4) is 0 Å². The minimum absolute atomic E-state index is 0.227. The van der Waals surface area contributed by atoms with Crippen LogP contribution in [0.2, 0.25) is 0 Å². The Morgan fingerprint density at radius 2 is 1.30 bits per heavy atom. The molecule has 0 bridgehead atoms. The van der Waals surface area contributed by atoms with Gasteiger partial charge in [0.25, 0.3) is 0 Å². The summed E-state index contributed by atoms with van der Waals surface area (Å²) in [5.41, 5.74) is -1.48. The van der Waals surface area contributed by atoms with Crippen molar-refractivity contribution in [2.75, 3.05) is 32.7 Å². The Labute approximate surface area is 259 Å². The molecule has 0 aliphatic rings. The fourth-order valence-electron chi connectivity index (χ4n) is 3.41. The maximum atomic E-state index is 12.7. The minimum Gasteiger partial charge on any atom is -0.480 e. The topological polar surface area (TPSA) is 230 Å². The van der Waals surface area contributed by atoms with Crippen LogP contribution >= 0.6 is 0 Å². The summed E-state index contributed by atoms with van der Waals surface area (Å²) in [4.78, 5) is 64.8. The van der Waals surface area contributed by atoms with Crippen molar-refractivity contribution >= 4 is 42.5 Å². The van der Waals surface area contributed by atoms with Crippen LogP contribution in [0.5, 0.6) is 0 Å². The van der Waals surface area contributed by atoms with E-state index in [0.29, 0.717) is 51.7 Å². The molecule has 0 aromatic heterocycles. The van der Waals surface area contributed by atoms with E-state index in [0.717, 1.165) is 0 Å². The molecule has 3 amide bonds. The Morgan fingerprint density at radius 3 is 1.80 bits per heavy atom. The van der Waals surface area contributed by atoms with Crippen molar-refractivity contribution in [2.24, 2.45) is 5.16 Å². The number of carboxylic acids is 1. The van der Waals surface area contributed by atoms with Crippen LogP contribution in [0.25, 0.3) is 0 Å². The molecule has 0 fully saturated rings. The monoisotopic (exact) mass is 629 g/mol. The van der Waals surface area contributed by atoms with E-state index < -0.39 is 59.9 Å². The molecule has 0 radical (unpaired) electrons. The van der Waals surface area contributed by atoms with E-state index in [-0.39, 0.29) is 13.0 Å². The first kappa shape index (κ1) is 40.2. The van der Waals surface area contributed by atoms with Gasteiger partial charge in [-0.05, 0) is 93.2 Å². The van der Waals surface area contributed by atoms with E-state index in [2.05, 4.69) is 31.7 Å². The quantitative estimate of drug-likeness (QED) is 0.0418. The second-order valence-corrected chi connectivity index (χ2v) is 11.8. The molecule has 252 valence electrons. The van der Waals surface area contributed by atoms with Gasteiger partial charge < -0.3 is 51.4 Å². The molecule has 0 heterocycles. The third-order valence-corrected chi connectivity index (χ3v) is 5.31. The number of alkyl carbamates (subject to hydrolysis) is 2. The average molecular weight is 630 g/mol. The zero-order valence-electron chi connectivity index (χ0n) is 26.7. The number of rotatable bonds is 21. The number of ether oxygens (including phenoxy) is 2. The van der Waals surface area contributed by atoms with Gasteiger partial charge >= 0.3 is 24.1 Å². The lowest BCUT2D eigenvalue weighted by molar-refractivity contribution is -0.144. The molecule has 0 saturated heterocycles. The summed E-state index contributed by atoms with van der Waals surface area (Å²) >= 11 is 0. The smallest absolute Gasteiger partial charge is 0.408 e. The van der Waals surface area contributed by atoms with Crippen LogP contribution < -0.4 is 26.6 Å². The second-order valence-electron chi connectivity index (χ2n) is 11.8. The Kier molecular flexibility index (Phi) is 19.9. The standard InChI is InChI=1S/C28H51N7O9/c1-27(2,3)42-25(40)34-20(11-7-9-14-30-16-13-29)23(37)32-19-22(36)44-33-18-17-31-15-10-8-12-21(24(38)39)35-26(41)43-28(4,5)6/h13,18,20-21,29-31H,7-12,14-17,19H2,1-6H3,(H,32,37)(H,34,40)(H,35,41)(H,38,39). The molecule has 0 aliphatic heterocycles. The molecule has 0 aromatic rings. The highest BCUT2D eigenvalue weighted by molar-refractivity contribution is 5.88. The summed E-state index contributed by atoms with van der Waals surface area (Å²) in [7, 11) is 0. The number of aliphatic carboxylic acids is 1. The SMILES string of the molecule is CC(C)(C)OC(=O)NC(CCCCNCC=NOC(=O)CNC(=O)C(CCCCNCC=N)NC(=O)OC(C)(C)C)C(=O)O. The number of unbranched alkanes of at least 4 members (excludes halogenated alkanes) is 2. The lowest BCUT2D eigenvalue weighted by Crippen LogP contribution is -2.49. The molecular weight excluding hydrogens is 578 g/mol. The summed E-state index contributed by atoms with van der Waals surface area (Å²) in [6.45, 7) is 11.6. The first-order chi connectivity index (χ1) is 20.5. The largest absolute Gasteiger partial charge is 0.480 e. The first-order valence-corrected chi connectivity index (χ1v) is 14.7. The van der Waals surface area contributed by atoms with E-state index >= 15 is 0 Å². The molecule has 2 unspecified atom stereocenters. The van der Waals surface area contributed by atoms with Gasteiger partial charge in [-0.1, -0.05) is 5.16 Å². The summed E-state index contributed by atoms with van der Waals surface area (Å²) in [6, 6.07) is -1.98. The lowest BCUT2D eigenvalue weighted by atomic mass is 10.1. The van der Waals surface area contributed by atoms with Gasteiger partial charge in [0, 0.05) is 19.3 Å². The normalized spacial score (nSPS) is 13.0. The predicted octanol–water partition coefficient (Wildman–Crippen LogP) is 1.67. The number of carbonyl (C=O) groups is 5. The van der Waals surface area contributed by atoms with E-state index in [1.807, 2.05) is 0 Å². The third-order valence-electron chi connectivity index (χ3n) is 5.31. The summed E-state index contributed by atoms with van der Waals surface area (Å²) in [6.07, 6.45) is 4.04. The van der Waals surface area contributed by atoms with Crippen LogP contribution in [0.1, 0.15) is 80.1 Å². The number of carboxylic acid groups (broad SMARTS) is 1. The van der Waals surface area contributed by atoms with Crippen LogP contribution in [0.3, 0.4) is 0 Å². The van der Waals surface area contributed by atoms with Crippen LogP contribution in [0.4, 0.5) is 9.59 Å². The minimum atomic E-state index is -1.15. The zero-order valence-corrected chi connectivity index (χ0v) is 26.7. The van der Waals surface area contributed by atoms with Gasteiger partial charge in [0.15, 0.2) is 0 Å². The van der Waals surface area contributed by atoms with E-state index in [4.69, 9.17) is 19.7 Å². The highest BCUT2D eigenvalue weighted by atomic mass is 16.7. The Morgan fingerprint density at radius 1 is 0.795 bits per heavy atom. The van der Waals surface area contributed by atoms with Gasteiger partial charge in [-0.3, -0.25) is 4.79 Å². The number of nitrogens with one attached hydrogen (secondary N) is 6. The number of nitrogens with zero attached hydrogens (tertiary/aromatic N) is 1. The maximum absolute atomic E-state index is 12.7. The van der Waals surface area contributed by atoms with Crippen molar-refractivity contribution in [1.82, 2.24) is 26.6 Å². The second kappa shape index (κ2) is 21.8. The van der Waals surface area contributed by atoms with E-state index in [9.17, 15) is 29.1 Å². The van der Waals surface area contributed by atoms with Crippen molar-refractivity contribution in [3.63, 3.8) is 0 Å². The molecule has 2 atom stereocenters. The van der Waals surface area contributed by atoms with Crippen molar-refractivity contribution in [1.29, 1.82) is 5.41 Å². The number of carbonyl (C=O) groups excluding carboxylic acids is 4. The first-order valence-electron chi connectivity index (χ1n) is 14.7. The zero-order chi connectivity index (χ0) is 33.6. The molecule has 16 heteroatoms. The molecule has 0 rings (SSSR count). The molecule has 0 aromatic carbocycles. The Balaban J connectivity index is 4.40. The number of hydrogen-bond acceptors (Lipinski definition) is 12. The highest BCUT2D eigenvalue weighted by Crippen LogP contribution is 2.09. The molecule has 0 aliphatic carbocycles. The van der Waals surface area contributed by atoms with Crippen LogP contribution in [0.15, 0.2) is 5.16 Å². The Bertz CT molecular complexity index is 947. The van der Waals surface area contributed by atoms with Gasteiger partial charge in [-0.25, -0.2) is 19.2 Å². The summed E-state index contributed by atoms with van der Waals surface area (Å²) in [5.74, 6) is -2.52. The van der Waals surface area contributed by atoms with Gasteiger partial charge in [0.2, 0.25) is 5.91 Å². The molecule has 7 N–H and O–H groups in total. The molecule has 0 spiro atoms. The van der Waals surface area contributed by atoms with Crippen LogP contribution in [0, 0.1) is 5.41 Å². The van der Waals surface area contributed by atoms with E-state index in [1.165, 1.54) is 12.4 Å². The van der Waals surface area contributed by atoms with Gasteiger partial charge in [-0.2, -0.15) is 0 Å². The van der Waals surface area contributed by atoms with Crippen LogP contribution in [-0.4, -0.2) is 104 Å². The Hall–Kier alpha value is -3.79. The maximum Gasteiger partial charge on any atom is 0.408 e. The van der Waals surface area contributed by atoms with Crippen molar-refractivity contribution in [2.45, 2.75) is 103 Å². The van der Waals surface area contributed by atoms with Crippen LogP contribution in [-0.2, 0) is 28.7 Å². The molecule has 16 nitrogen and oxygen atoms in total. The fraction of sp³-hybridized carbons (Fsp3) is 0.750. The van der Waals surface area contributed by atoms with E-state index in [1.54, 1.807) is 41.5 Å². The molecule has 0 saturated carbocycles. The molecule has 44 heavy (non-hydrogen) atoms. The number of amides is 3. The number of oxime groups is 1. The van der Waals surface area contributed by atoms with Crippen molar-refractivity contribution < 1.29 is 43.4 Å². The number of hydrogen-bond donors (Lipinski definition) is 7. The predicted molar refractivity (Wildman–Crippen MR) is 164 cm³/mol. The van der Waals surface area contributed by atoms with Crippen molar-refractivity contribution in [3.05, 3.63) is 0 Å². The van der Waals surface area contributed by atoms with Gasteiger partial charge in [0.1, 0.15) is 29.8 Å². The highest BCUT2D eigenvalue weighted by Gasteiger charge is 2.25. The lowest BCUT2D eigenvalue weighted by Gasteiger charge is -2.23. The van der Waals surface area contributed by atoms with Gasteiger partial charge in [0.05, 0.1) is 6.21 Å². The fourth-order valence-corrected chi connectivity index (χ4v) is 3.41. The average Bonchev–Trinajstić information content (AvgIpc) is 2.89.